The minimum Gasteiger partial charge on any atom is -0.340 e. The van der Waals surface area contributed by atoms with Gasteiger partial charge in [-0.2, -0.15) is 0 Å². The molecule has 0 fully saturated rings. The van der Waals surface area contributed by atoms with Gasteiger partial charge in [-0.15, -0.1) is 0 Å². The molecular weight excluding hydrogens is 394 g/mol. The van der Waals surface area contributed by atoms with Crippen molar-refractivity contribution in [1.29, 1.82) is 0 Å². The average molecular weight is 408 g/mol. The highest BCUT2D eigenvalue weighted by molar-refractivity contribution is 9.10. The third-order valence-electron chi connectivity index (χ3n) is 3.93. The molecule has 0 aliphatic rings. The van der Waals surface area contributed by atoms with Crippen molar-refractivity contribution in [2.24, 2.45) is 0 Å². The number of nitrogens with zero attached hydrogens (tertiary/aromatic N) is 2. The number of nitrogens with one attached hydrogen (secondary N) is 3. The monoisotopic (exact) mass is 407 g/mol. The molecule has 128 valence electrons. The van der Waals surface area contributed by atoms with Crippen LogP contribution in [0.1, 0.15) is 0 Å². The topological polar surface area (TPSA) is 82.7 Å². The number of anilines is 3. The Bertz CT molecular complexity index is 1150. The van der Waals surface area contributed by atoms with E-state index in [1.807, 2.05) is 42.5 Å². The minimum atomic E-state index is -0.257. The van der Waals surface area contributed by atoms with Gasteiger partial charge in [-0.25, -0.2) is 9.97 Å². The molecule has 0 aliphatic carbocycles. The van der Waals surface area contributed by atoms with Crippen LogP contribution < -0.4 is 10.6 Å². The van der Waals surface area contributed by atoms with E-state index in [4.69, 9.17) is 0 Å². The zero-order chi connectivity index (χ0) is 18.1. The number of benzene rings is 2. The second-order valence-corrected chi connectivity index (χ2v) is 6.58. The van der Waals surface area contributed by atoms with Crippen LogP contribution in [0.25, 0.3) is 21.9 Å². The Labute approximate surface area is 157 Å². The first kappa shape index (κ1) is 16.3. The highest BCUT2D eigenvalue weighted by Gasteiger charge is 2.12. The number of carbonyl (C=O) groups is 1. The number of halogens is 1. The molecule has 2 heterocycles. The van der Waals surface area contributed by atoms with E-state index in [1.54, 1.807) is 0 Å². The van der Waals surface area contributed by atoms with Crippen LogP contribution in [0, 0.1) is 0 Å². The van der Waals surface area contributed by atoms with E-state index in [0.29, 0.717) is 11.5 Å². The van der Waals surface area contributed by atoms with Gasteiger partial charge >= 0.3 is 0 Å². The minimum absolute atomic E-state index is 0.257. The van der Waals surface area contributed by atoms with Crippen molar-refractivity contribution in [3.8, 4) is 0 Å². The number of amides is 1. The first-order valence-electron chi connectivity index (χ1n) is 7.86. The zero-order valence-electron chi connectivity index (χ0n) is 13.6. The molecule has 2 aromatic carbocycles. The molecule has 0 saturated carbocycles. The summed E-state index contributed by atoms with van der Waals surface area (Å²) >= 11 is 3.47. The molecule has 0 radical (unpaired) electrons. The molecule has 26 heavy (non-hydrogen) atoms. The van der Waals surface area contributed by atoms with Gasteiger partial charge in [0, 0.05) is 26.8 Å². The fourth-order valence-electron chi connectivity index (χ4n) is 2.79. The third-order valence-corrected chi connectivity index (χ3v) is 4.42. The Morgan fingerprint density at radius 2 is 2.04 bits per heavy atom. The van der Waals surface area contributed by atoms with Gasteiger partial charge in [-0.05, 0) is 42.5 Å². The number of H-pyrrole nitrogens is 1. The highest BCUT2D eigenvalue weighted by Crippen LogP contribution is 2.32. The molecule has 6 nitrogen and oxygen atoms in total. The zero-order valence-corrected chi connectivity index (χ0v) is 15.2. The smallest absolute Gasteiger partial charge is 0.247 e. The standard InChI is InChI=1S/C19H14BrN5O/c1-2-16(26)23-13-6-7-15-14(9-13)17-18(21-10-22-19(17)25-15)24-12-5-3-4-11(20)8-12/h2-10H,1H2,(H,23,26)(H2,21,22,24,25). The van der Waals surface area contributed by atoms with Gasteiger partial charge < -0.3 is 15.6 Å². The second kappa shape index (κ2) is 6.61. The van der Waals surface area contributed by atoms with Crippen LogP contribution in [0.4, 0.5) is 17.2 Å². The van der Waals surface area contributed by atoms with Crippen LogP contribution in [0.15, 0.2) is 65.9 Å². The number of rotatable bonds is 4. The van der Waals surface area contributed by atoms with E-state index in [0.717, 1.165) is 32.1 Å². The maximum absolute atomic E-state index is 11.6. The number of carbonyl (C=O) groups excluding carboxylic acids is 1. The van der Waals surface area contributed by atoms with Crippen molar-refractivity contribution < 1.29 is 4.79 Å². The average Bonchev–Trinajstić information content (AvgIpc) is 3.00. The first-order valence-corrected chi connectivity index (χ1v) is 8.66. The summed E-state index contributed by atoms with van der Waals surface area (Å²) in [4.78, 5) is 23.6. The molecule has 0 aliphatic heterocycles. The summed E-state index contributed by atoms with van der Waals surface area (Å²) in [6.45, 7) is 3.48. The molecule has 2 aromatic heterocycles. The van der Waals surface area contributed by atoms with Gasteiger partial charge in [0.15, 0.2) is 0 Å². The summed E-state index contributed by atoms with van der Waals surface area (Å²) in [6, 6.07) is 13.5. The molecule has 3 N–H and O–H groups in total. The van der Waals surface area contributed by atoms with Crippen LogP contribution in [-0.4, -0.2) is 20.9 Å². The van der Waals surface area contributed by atoms with Crippen LogP contribution in [0.5, 0.6) is 0 Å². The van der Waals surface area contributed by atoms with E-state index in [2.05, 4.69) is 48.1 Å². The van der Waals surface area contributed by atoms with Gasteiger partial charge in [0.2, 0.25) is 5.91 Å². The lowest BCUT2D eigenvalue weighted by atomic mass is 10.1. The van der Waals surface area contributed by atoms with E-state index >= 15 is 0 Å². The van der Waals surface area contributed by atoms with Crippen LogP contribution in [0.3, 0.4) is 0 Å². The molecule has 4 aromatic rings. The largest absolute Gasteiger partial charge is 0.340 e. The summed E-state index contributed by atoms with van der Waals surface area (Å²) in [7, 11) is 0. The van der Waals surface area contributed by atoms with Crippen molar-refractivity contribution in [1.82, 2.24) is 15.0 Å². The summed E-state index contributed by atoms with van der Waals surface area (Å²) < 4.78 is 0.973. The van der Waals surface area contributed by atoms with Gasteiger partial charge in [-0.1, -0.05) is 28.6 Å². The van der Waals surface area contributed by atoms with Gasteiger partial charge in [-0.3, -0.25) is 4.79 Å². The summed E-state index contributed by atoms with van der Waals surface area (Å²) in [5.74, 6) is 0.430. The summed E-state index contributed by atoms with van der Waals surface area (Å²) in [5, 5.41) is 7.88. The predicted octanol–water partition coefficient (Wildman–Crippen LogP) is 4.74. The fraction of sp³-hybridized carbons (Fsp3) is 0. The predicted molar refractivity (Wildman–Crippen MR) is 108 cm³/mol. The van der Waals surface area contributed by atoms with Crippen molar-refractivity contribution in [3.05, 3.63) is 65.9 Å². The Morgan fingerprint density at radius 1 is 1.15 bits per heavy atom. The molecular formula is C19H14BrN5O. The summed E-state index contributed by atoms with van der Waals surface area (Å²) in [5.41, 5.74) is 3.22. The Balaban J connectivity index is 1.84. The quantitative estimate of drug-likeness (QED) is 0.426. The molecule has 7 heteroatoms. The van der Waals surface area contributed by atoms with E-state index in [9.17, 15) is 4.79 Å². The molecule has 0 saturated heterocycles. The van der Waals surface area contributed by atoms with Gasteiger partial charge in [0.1, 0.15) is 17.8 Å². The van der Waals surface area contributed by atoms with E-state index in [1.165, 1.54) is 12.4 Å². The Kier molecular flexibility index (Phi) is 4.14. The van der Waals surface area contributed by atoms with Crippen LogP contribution in [0.2, 0.25) is 0 Å². The normalized spacial score (nSPS) is 10.8. The molecule has 0 unspecified atom stereocenters. The molecule has 0 spiro atoms. The SMILES string of the molecule is C=CC(=O)Nc1ccc2[nH]c3ncnc(Nc4cccc(Br)c4)c3c2c1. The van der Waals surface area contributed by atoms with Gasteiger partial charge in [0.05, 0.1) is 5.39 Å². The number of fused-ring (bicyclic) bond motifs is 3. The van der Waals surface area contributed by atoms with Crippen molar-refractivity contribution in [2.45, 2.75) is 0 Å². The van der Waals surface area contributed by atoms with Crippen molar-refractivity contribution in [3.63, 3.8) is 0 Å². The molecule has 4 rings (SSSR count). The number of aromatic amines is 1. The Morgan fingerprint density at radius 3 is 2.85 bits per heavy atom. The number of hydrogen-bond acceptors (Lipinski definition) is 4. The molecule has 0 atom stereocenters. The lowest BCUT2D eigenvalue weighted by molar-refractivity contribution is -0.111. The molecule has 1 amide bonds. The van der Waals surface area contributed by atoms with Crippen molar-refractivity contribution >= 4 is 61.0 Å². The lowest BCUT2D eigenvalue weighted by Crippen LogP contribution is -2.06. The lowest BCUT2D eigenvalue weighted by Gasteiger charge is -2.07. The maximum Gasteiger partial charge on any atom is 0.247 e. The van der Waals surface area contributed by atoms with E-state index < -0.39 is 0 Å². The highest BCUT2D eigenvalue weighted by atomic mass is 79.9. The number of aromatic nitrogens is 3. The second-order valence-electron chi connectivity index (χ2n) is 5.66. The third kappa shape index (κ3) is 3.04. The van der Waals surface area contributed by atoms with Crippen LogP contribution in [-0.2, 0) is 4.79 Å². The first-order chi connectivity index (χ1) is 12.6. The Hall–Kier alpha value is -3.19. The molecule has 0 bridgehead atoms. The maximum atomic E-state index is 11.6. The summed E-state index contributed by atoms with van der Waals surface area (Å²) in [6.07, 6.45) is 2.75. The van der Waals surface area contributed by atoms with Crippen LogP contribution >= 0.6 is 15.9 Å². The number of hydrogen-bond donors (Lipinski definition) is 3. The van der Waals surface area contributed by atoms with E-state index in [-0.39, 0.29) is 5.91 Å². The van der Waals surface area contributed by atoms with Crippen molar-refractivity contribution in [2.75, 3.05) is 10.6 Å². The van der Waals surface area contributed by atoms with Gasteiger partial charge in [0.25, 0.3) is 0 Å². The fourth-order valence-corrected chi connectivity index (χ4v) is 3.19.